The molecule has 6 nitrogen and oxygen atoms in total. The van der Waals surface area contributed by atoms with Crippen LogP contribution in [0.25, 0.3) is 0 Å². The molecule has 2 rings (SSSR count). The summed E-state index contributed by atoms with van der Waals surface area (Å²) >= 11 is 5.96. The van der Waals surface area contributed by atoms with Gasteiger partial charge in [-0.25, -0.2) is 4.79 Å². The van der Waals surface area contributed by atoms with Gasteiger partial charge in [0.1, 0.15) is 5.75 Å². The summed E-state index contributed by atoms with van der Waals surface area (Å²) in [7, 11) is 1.29. The highest BCUT2D eigenvalue weighted by atomic mass is 35.5. The van der Waals surface area contributed by atoms with Gasteiger partial charge in [0.2, 0.25) is 0 Å². The third-order valence-electron chi connectivity index (χ3n) is 2.98. The Morgan fingerprint density at radius 1 is 1.21 bits per heavy atom. The van der Waals surface area contributed by atoms with Crippen molar-refractivity contribution in [2.45, 2.75) is 0 Å². The highest BCUT2D eigenvalue weighted by molar-refractivity contribution is 6.33. The quantitative estimate of drug-likeness (QED) is 0.643. The number of ether oxygens (including phenoxy) is 2. The molecule has 0 radical (unpaired) electrons. The van der Waals surface area contributed by atoms with E-state index in [0.717, 1.165) is 5.56 Å². The maximum absolute atomic E-state index is 11.6. The Hall–Kier alpha value is -2.86. The number of primary amides is 1. The molecule has 0 fully saturated rings. The van der Waals surface area contributed by atoms with Crippen LogP contribution >= 0.6 is 11.6 Å². The Morgan fingerprint density at radius 3 is 2.54 bits per heavy atom. The van der Waals surface area contributed by atoms with Crippen LogP contribution in [0.3, 0.4) is 0 Å². The van der Waals surface area contributed by atoms with E-state index in [1.54, 1.807) is 48.7 Å². The Balaban J connectivity index is 2.10. The van der Waals surface area contributed by atoms with Crippen molar-refractivity contribution in [1.29, 1.82) is 0 Å². The first kappa shape index (κ1) is 17.5. The summed E-state index contributed by atoms with van der Waals surface area (Å²) in [6, 6.07) is 11.8. The number of hydrogen-bond acceptors (Lipinski definition) is 5. The van der Waals surface area contributed by atoms with Crippen LogP contribution in [-0.2, 0) is 9.53 Å². The minimum atomic E-state index is -0.537. The second-order valence-electron chi connectivity index (χ2n) is 4.74. The van der Waals surface area contributed by atoms with Crippen LogP contribution in [0.1, 0.15) is 15.9 Å². The molecule has 124 valence electrons. The largest absolute Gasteiger partial charge is 0.484 e. The highest BCUT2D eigenvalue weighted by Gasteiger charge is 2.10. The van der Waals surface area contributed by atoms with E-state index >= 15 is 0 Å². The highest BCUT2D eigenvalue weighted by Crippen LogP contribution is 2.23. The number of carbonyl (C=O) groups excluding carboxylic acids is 2. The predicted octanol–water partition coefficient (Wildman–Crippen LogP) is 2.74. The Morgan fingerprint density at radius 2 is 1.92 bits per heavy atom. The summed E-state index contributed by atoms with van der Waals surface area (Å²) in [6.45, 7) is -0.172. The zero-order valence-corrected chi connectivity index (χ0v) is 13.6. The van der Waals surface area contributed by atoms with Crippen molar-refractivity contribution in [2.24, 2.45) is 10.7 Å². The lowest BCUT2D eigenvalue weighted by Gasteiger charge is -2.04. The first-order valence-electron chi connectivity index (χ1n) is 6.92. The van der Waals surface area contributed by atoms with Crippen LogP contribution in [0.4, 0.5) is 5.69 Å². The minimum absolute atomic E-state index is 0.172. The normalized spacial score (nSPS) is 10.6. The Bertz CT molecular complexity index is 773. The number of hydrogen-bond donors (Lipinski definition) is 1. The molecule has 0 saturated heterocycles. The van der Waals surface area contributed by atoms with Crippen molar-refractivity contribution in [3.05, 3.63) is 58.6 Å². The van der Waals surface area contributed by atoms with Gasteiger partial charge in [0, 0.05) is 6.21 Å². The minimum Gasteiger partial charge on any atom is -0.484 e. The standard InChI is InChI=1S/C17H15ClN2O4/c1-23-17(22)14-8-12(4-7-15(14)18)20-9-11-2-5-13(6-3-11)24-10-16(19)21/h2-9H,10H2,1H3,(H2,19,21). The van der Waals surface area contributed by atoms with E-state index in [9.17, 15) is 9.59 Å². The van der Waals surface area contributed by atoms with Crippen LogP contribution in [0, 0.1) is 0 Å². The smallest absolute Gasteiger partial charge is 0.339 e. The van der Waals surface area contributed by atoms with E-state index in [-0.39, 0.29) is 12.2 Å². The van der Waals surface area contributed by atoms with Crippen LogP contribution in [-0.4, -0.2) is 31.8 Å². The molecule has 2 aromatic carbocycles. The van der Waals surface area contributed by atoms with Gasteiger partial charge < -0.3 is 15.2 Å². The number of halogens is 1. The number of carbonyl (C=O) groups is 2. The SMILES string of the molecule is COC(=O)c1cc(N=Cc2ccc(OCC(N)=O)cc2)ccc1Cl. The number of nitrogens with two attached hydrogens (primary N) is 1. The first-order chi connectivity index (χ1) is 11.5. The number of esters is 1. The second kappa shape index (κ2) is 8.12. The molecule has 24 heavy (non-hydrogen) atoms. The van der Waals surface area contributed by atoms with Gasteiger partial charge in [-0.05, 0) is 48.0 Å². The van der Waals surface area contributed by atoms with Gasteiger partial charge in [0.15, 0.2) is 6.61 Å². The van der Waals surface area contributed by atoms with E-state index in [0.29, 0.717) is 16.5 Å². The van der Waals surface area contributed by atoms with Gasteiger partial charge in [-0.3, -0.25) is 9.79 Å². The fraction of sp³-hybridized carbons (Fsp3) is 0.118. The second-order valence-corrected chi connectivity index (χ2v) is 5.15. The Kier molecular flexibility index (Phi) is 5.92. The van der Waals surface area contributed by atoms with Crippen LogP contribution in [0.15, 0.2) is 47.5 Å². The van der Waals surface area contributed by atoms with Crippen molar-refractivity contribution in [1.82, 2.24) is 0 Å². The molecule has 0 bridgehead atoms. The number of benzene rings is 2. The molecule has 2 aromatic rings. The fourth-order valence-electron chi connectivity index (χ4n) is 1.81. The van der Waals surface area contributed by atoms with Crippen LogP contribution in [0.5, 0.6) is 5.75 Å². The van der Waals surface area contributed by atoms with Crippen molar-refractivity contribution < 1.29 is 19.1 Å². The lowest BCUT2D eigenvalue weighted by molar-refractivity contribution is -0.119. The van der Waals surface area contributed by atoms with Gasteiger partial charge >= 0.3 is 5.97 Å². The first-order valence-corrected chi connectivity index (χ1v) is 7.30. The van der Waals surface area contributed by atoms with Gasteiger partial charge in [-0.15, -0.1) is 0 Å². The molecule has 0 unspecified atom stereocenters. The number of methoxy groups -OCH3 is 1. The van der Waals surface area contributed by atoms with Gasteiger partial charge in [-0.2, -0.15) is 0 Å². The lowest BCUT2D eigenvalue weighted by Crippen LogP contribution is -2.19. The number of rotatable bonds is 6. The Labute approximate surface area is 143 Å². The number of amides is 1. The topological polar surface area (TPSA) is 91.0 Å². The third-order valence-corrected chi connectivity index (χ3v) is 3.31. The molecule has 0 heterocycles. The van der Waals surface area contributed by atoms with E-state index in [1.807, 2.05) is 0 Å². The molecule has 7 heteroatoms. The third kappa shape index (κ3) is 4.82. The molecule has 0 aliphatic rings. The van der Waals surface area contributed by atoms with Crippen molar-refractivity contribution in [3.63, 3.8) is 0 Å². The molecule has 0 spiro atoms. The van der Waals surface area contributed by atoms with Gasteiger partial charge in [-0.1, -0.05) is 11.6 Å². The average Bonchev–Trinajstić information content (AvgIpc) is 2.59. The summed E-state index contributed by atoms with van der Waals surface area (Å²) in [4.78, 5) is 26.5. The maximum Gasteiger partial charge on any atom is 0.339 e. The molecular formula is C17H15ClN2O4. The van der Waals surface area contributed by atoms with Crippen molar-refractivity contribution in [2.75, 3.05) is 13.7 Å². The van der Waals surface area contributed by atoms with E-state index in [4.69, 9.17) is 22.1 Å². The van der Waals surface area contributed by atoms with E-state index in [1.165, 1.54) is 7.11 Å². The fourth-order valence-corrected chi connectivity index (χ4v) is 2.01. The van der Waals surface area contributed by atoms with E-state index in [2.05, 4.69) is 9.73 Å². The predicted molar refractivity (Wildman–Crippen MR) is 91.2 cm³/mol. The van der Waals surface area contributed by atoms with E-state index < -0.39 is 11.9 Å². The maximum atomic E-state index is 11.6. The van der Waals surface area contributed by atoms with Crippen LogP contribution in [0.2, 0.25) is 5.02 Å². The summed E-state index contributed by atoms with van der Waals surface area (Å²) in [5.74, 6) is -0.525. The van der Waals surface area contributed by atoms with Crippen molar-refractivity contribution >= 4 is 35.4 Å². The molecule has 0 aromatic heterocycles. The zero-order chi connectivity index (χ0) is 17.5. The summed E-state index contributed by atoms with van der Waals surface area (Å²) in [5, 5.41) is 0.303. The molecule has 0 aliphatic carbocycles. The monoisotopic (exact) mass is 346 g/mol. The summed E-state index contributed by atoms with van der Waals surface area (Å²) < 4.78 is 9.83. The van der Waals surface area contributed by atoms with Gasteiger partial charge in [0.05, 0.1) is 23.4 Å². The summed E-state index contributed by atoms with van der Waals surface area (Å²) in [5.41, 5.74) is 6.64. The number of nitrogens with zero attached hydrogens (tertiary/aromatic N) is 1. The van der Waals surface area contributed by atoms with Crippen molar-refractivity contribution in [3.8, 4) is 5.75 Å². The zero-order valence-electron chi connectivity index (χ0n) is 12.9. The molecule has 2 N–H and O–H groups in total. The van der Waals surface area contributed by atoms with Crippen LogP contribution < -0.4 is 10.5 Å². The molecular weight excluding hydrogens is 332 g/mol. The lowest BCUT2D eigenvalue weighted by atomic mass is 10.2. The molecule has 0 saturated carbocycles. The molecule has 0 aliphatic heterocycles. The molecule has 0 atom stereocenters. The average molecular weight is 347 g/mol. The van der Waals surface area contributed by atoms with Gasteiger partial charge in [0.25, 0.3) is 5.91 Å². The number of aliphatic imine (C=N–C) groups is 1. The summed E-state index contributed by atoms with van der Waals surface area (Å²) in [6.07, 6.45) is 1.63. The molecule has 1 amide bonds.